The van der Waals surface area contributed by atoms with Gasteiger partial charge in [0.1, 0.15) is 29.8 Å². The van der Waals surface area contributed by atoms with E-state index in [9.17, 15) is 4.39 Å². The Morgan fingerprint density at radius 2 is 1.95 bits per heavy atom. The molecule has 0 saturated carbocycles. The van der Waals surface area contributed by atoms with Crippen LogP contribution in [0.25, 0.3) is 0 Å². The standard InChI is InChI=1S/C15H16FN5/c1-9(2)13-14(18-3)19-8-20-15(13)21-12-5-4-11(16)6-10(12)7-17/h4-6,8-9H,1-3H3,(H2,18,19,20,21). The predicted molar refractivity (Wildman–Crippen MR) is 80.1 cm³/mol. The molecule has 0 fully saturated rings. The van der Waals surface area contributed by atoms with E-state index in [0.29, 0.717) is 11.5 Å². The fourth-order valence-electron chi connectivity index (χ4n) is 2.09. The molecule has 6 heteroatoms. The maximum absolute atomic E-state index is 13.2. The quantitative estimate of drug-likeness (QED) is 0.900. The second kappa shape index (κ2) is 6.18. The first-order valence-electron chi connectivity index (χ1n) is 6.56. The molecule has 0 aliphatic heterocycles. The predicted octanol–water partition coefficient (Wildman–Crippen LogP) is 3.40. The molecule has 0 spiro atoms. The van der Waals surface area contributed by atoms with Gasteiger partial charge in [0.2, 0.25) is 0 Å². The molecule has 2 rings (SSSR count). The van der Waals surface area contributed by atoms with Crippen LogP contribution < -0.4 is 10.6 Å². The molecule has 5 nitrogen and oxygen atoms in total. The number of hydrogen-bond donors (Lipinski definition) is 2. The van der Waals surface area contributed by atoms with Crippen molar-refractivity contribution in [2.45, 2.75) is 19.8 Å². The van der Waals surface area contributed by atoms with Gasteiger partial charge < -0.3 is 10.6 Å². The molecule has 1 aromatic heterocycles. The summed E-state index contributed by atoms with van der Waals surface area (Å²) >= 11 is 0. The van der Waals surface area contributed by atoms with Gasteiger partial charge in [-0.1, -0.05) is 13.8 Å². The number of benzene rings is 1. The lowest BCUT2D eigenvalue weighted by molar-refractivity contribution is 0.627. The van der Waals surface area contributed by atoms with Crippen LogP contribution in [0.4, 0.5) is 21.7 Å². The van der Waals surface area contributed by atoms with Gasteiger partial charge in [-0.15, -0.1) is 0 Å². The lowest BCUT2D eigenvalue weighted by atomic mass is 10.0. The summed E-state index contributed by atoms with van der Waals surface area (Å²) in [6.07, 6.45) is 1.44. The van der Waals surface area contributed by atoms with Crippen LogP contribution in [-0.2, 0) is 0 Å². The number of hydrogen-bond acceptors (Lipinski definition) is 5. The van der Waals surface area contributed by atoms with Crippen molar-refractivity contribution in [3.05, 3.63) is 41.5 Å². The Bertz CT molecular complexity index is 691. The maximum Gasteiger partial charge on any atom is 0.139 e. The van der Waals surface area contributed by atoms with Gasteiger partial charge in [0.15, 0.2) is 0 Å². The SMILES string of the molecule is CNc1ncnc(Nc2ccc(F)cc2C#N)c1C(C)C. The van der Waals surface area contributed by atoms with Crippen LogP contribution in [0, 0.1) is 17.1 Å². The number of anilines is 3. The van der Waals surface area contributed by atoms with E-state index in [0.717, 1.165) is 11.4 Å². The number of nitriles is 1. The minimum absolute atomic E-state index is 0.183. The van der Waals surface area contributed by atoms with E-state index in [-0.39, 0.29) is 11.5 Å². The second-order valence-electron chi connectivity index (χ2n) is 4.82. The molecule has 0 atom stereocenters. The molecule has 0 aliphatic carbocycles. The first-order chi connectivity index (χ1) is 10.1. The highest BCUT2D eigenvalue weighted by molar-refractivity contribution is 5.69. The van der Waals surface area contributed by atoms with Gasteiger partial charge in [-0.2, -0.15) is 5.26 Å². The molecule has 0 unspecified atom stereocenters. The summed E-state index contributed by atoms with van der Waals surface area (Å²) in [6.45, 7) is 4.06. The van der Waals surface area contributed by atoms with Crippen LogP contribution in [0.15, 0.2) is 24.5 Å². The molecule has 0 radical (unpaired) electrons. The molecule has 21 heavy (non-hydrogen) atoms. The molecule has 1 aromatic carbocycles. The Hall–Kier alpha value is -2.68. The van der Waals surface area contributed by atoms with Gasteiger partial charge in [-0.05, 0) is 24.1 Å². The fourth-order valence-corrected chi connectivity index (χ4v) is 2.09. The molecule has 0 bridgehead atoms. The Kier molecular flexibility index (Phi) is 4.33. The van der Waals surface area contributed by atoms with Gasteiger partial charge in [-0.3, -0.25) is 0 Å². The van der Waals surface area contributed by atoms with Gasteiger partial charge in [0.05, 0.1) is 11.3 Å². The van der Waals surface area contributed by atoms with Crippen molar-refractivity contribution < 1.29 is 4.39 Å². The summed E-state index contributed by atoms with van der Waals surface area (Å²) in [5.74, 6) is 1.07. The summed E-state index contributed by atoms with van der Waals surface area (Å²) in [4.78, 5) is 8.43. The van der Waals surface area contributed by atoms with E-state index < -0.39 is 5.82 Å². The zero-order valence-corrected chi connectivity index (χ0v) is 12.1. The van der Waals surface area contributed by atoms with E-state index >= 15 is 0 Å². The van der Waals surface area contributed by atoms with E-state index in [4.69, 9.17) is 5.26 Å². The van der Waals surface area contributed by atoms with Crippen LogP contribution in [-0.4, -0.2) is 17.0 Å². The molecular formula is C15H16FN5. The van der Waals surface area contributed by atoms with Crippen LogP contribution >= 0.6 is 0 Å². The van der Waals surface area contributed by atoms with Crippen molar-refractivity contribution >= 4 is 17.3 Å². The molecule has 2 N–H and O–H groups in total. The van der Waals surface area contributed by atoms with Crippen LogP contribution in [0.3, 0.4) is 0 Å². The number of nitrogens with zero attached hydrogens (tertiary/aromatic N) is 3. The highest BCUT2D eigenvalue weighted by atomic mass is 19.1. The average molecular weight is 285 g/mol. The highest BCUT2D eigenvalue weighted by Crippen LogP contribution is 2.31. The van der Waals surface area contributed by atoms with Gasteiger partial charge in [0, 0.05) is 12.6 Å². The molecule has 0 amide bonds. The minimum atomic E-state index is -0.445. The van der Waals surface area contributed by atoms with E-state index in [1.807, 2.05) is 19.9 Å². The Morgan fingerprint density at radius 1 is 1.24 bits per heavy atom. The first kappa shape index (κ1) is 14.7. The largest absolute Gasteiger partial charge is 0.373 e. The van der Waals surface area contributed by atoms with E-state index in [1.54, 1.807) is 7.05 Å². The van der Waals surface area contributed by atoms with Crippen molar-refractivity contribution in [1.29, 1.82) is 5.26 Å². The van der Waals surface area contributed by atoms with Crippen molar-refractivity contribution in [3.63, 3.8) is 0 Å². The zero-order chi connectivity index (χ0) is 15.4. The molecule has 0 saturated heterocycles. The van der Waals surface area contributed by atoms with Gasteiger partial charge in [0.25, 0.3) is 0 Å². The van der Waals surface area contributed by atoms with Crippen LogP contribution in [0.5, 0.6) is 0 Å². The first-order valence-corrected chi connectivity index (χ1v) is 6.56. The monoisotopic (exact) mass is 285 g/mol. The second-order valence-corrected chi connectivity index (χ2v) is 4.82. The smallest absolute Gasteiger partial charge is 0.139 e. The zero-order valence-electron chi connectivity index (χ0n) is 12.1. The summed E-state index contributed by atoms with van der Waals surface area (Å²) in [6, 6.07) is 6.00. The Morgan fingerprint density at radius 3 is 2.57 bits per heavy atom. The third-order valence-electron chi connectivity index (χ3n) is 3.05. The van der Waals surface area contributed by atoms with Crippen molar-refractivity contribution in [2.75, 3.05) is 17.7 Å². The van der Waals surface area contributed by atoms with E-state index in [2.05, 4.69) is 20.6 Å². The summed E-state index contributed by atoms with van der Waals surface area (Å²) < 4.78 is 13.2. The summed E-state index contributed by atoms with van der Waals surface area (Å²) in [7, 11) is 1.79. The number of rotatable bonds is 4. The van der Waals surface area contributed by atoms with Crippen LogP contribution in [0.2, 0.25) is 0 Å². The topological polar surface area (TPSA) is 73.6 Å². The fraction of sp³-hybridized carbons (Fsp3) is 0.267. The molecule has 108 valence electrons. The van der Waals surface area contributed by atoms with Crippen molar-refractivity contribution in [2.24, 2.45) is 0 Å². The maximum atomic E-state index is 13.2. The summed E-state index contributed by atoms with van der Waals surface area (Å²) in [5, 5.41) is 15.2. The number of halogens is 1. The molecular weight excluding hydrogens is 269 g/mol. The summed E-state index contributed by atoms with van der Waals surface area (Å²) in [5.41, 5.74) is 1.66. The lowest BCUT2D eigenvalue weighted by Crippen LogP contribution is -2.07. The Balaban J connectivity index is 2.48. The molecule has 2 aromatic rings. The van der Waals surface area contributed by atoms with Crippen molar-refractivity contribution in [3.8, 4) is 6.07 Å². The highest BCUT2D eigenvalue weighted by Gasteiger charge is 2.15. The Labute approximate surface area is 122 Å². The molecule has 0 aliphatic rings. The van der Waals surface area contributed by atoms with Crippen molar-refractivity contribution in [1.82, 2.24) is 9.97 Å². The van der Waals surface area contributed by atoms with Gasteiger partial charge in [-0.25, -0.2) is 14.4 Å². The average Bonchev–Trinajstić information content (AvgIpc) is 2.48. The minimum Gasteiger partial charge on any atom is -0.373 e. The number of nitrogens with one attached hydrogen (secondary N) is 2. The lowest BCUT2D eigenvalue weighted by Gasteiger charge is -2.17. The third kappa shape index (κ3) is 3.08. The third-order valence-corrected chi connectivity index (χ3v) is 3.05. The van der Waals surface area contributed by atoms with E-state index in [1.165, 1.54) is 24.5 Å². The van der Waals surface area contributed by atoms with Crippen LogP contribution in [0.1, 0.15) is 30.9 Å². The number of aromatic nitrogens is 2. The normalized spacial score (nSPS) is 10.3. The molecule has 1 heterocycles. The van der Waals surface area contributed by atoms with Gasteiger partial charge >= 0.3 is 0 Å².